The van der Waals surface area contributed by atoms with Crippen LogP contribution in [0.4, 0.5) is 4.79 Å². The number of urea groups is 1. The van der Waals surface area contributed by atoms with Crippen LogP contribution in [-0.2, 0) is 0 Å². The highest BCUT2D eigenvalue weighted by Gasteiger charge is 2.31. The van der Waals surface area contributed by atoms with Gasteiger partial charge in [0.1, 0.15) is 5.75 Å². The molecule has 2 amide bonds. The summed E-state index contributed by atoms with van der Waals surface area (Å²) in [5.74, 6) is 0.886. The Balaban J connectivity index is 2.19. The third-order valence-corrected chi connectivity index (χ3v) is 4.45. The van der Waals surface area contributed by atoms with Crippen LogP contribution < -0.4 is 4.74 Å². The zero-order chi connectivity index (χ0) is 16.1. The van der Waals surface area contributed by atoms with Crippen LogP contribution in [0.3, 0.4) is 0 Å². The van der Waals surface area contributed by atoms with Crippen LogP contribution in [0.1, 0.15) is 25.5 Å². The predicted octanol–water partition coefficient (Wildman–Crippen LogP) is 2.45. The van der Waals surface area contributed by atoms with Gasteiger partial charge in [0.25, 0.3) is 0 Å². The minimum Gasteiger partial charge on any atom is -0.496 e. The summed E-state index contributed by atoms with van der Waals surface area (Å²) in [5.41, 5.74) is 1.14. The first kappa shape index (κ1) is 16.6. The first-order valence-corrected chi connectivity index (χ1v) is 7.99. The first-order valence-electron chi connectivity index (χ1n) is 7.99. The van der Waals surface area contributed by atoms with Crippen LogP contribution in [0.2, 0.25) is 0 Å². The average molecular weight is 305 g/mol. The summed E-state index contributed by atoms with van der Waals surface area (Å²) in [7, 11) is 3.80. The summed E-state index contributed by atoms with van der Waals surface area (Å²) in [4.78, 5) is 18.7. The molecule has 0 aliphatic carbocycles. The van der Waals surface area contributed by atoms with Crippen LogP contribution in [0, 0.1) is 0 Å². The van der Waals surface area contributed by atoms with Gasteiger partial charge in [-0.1, -0.05) is 18.2 Å². The molecule has 1 saturated heterocycles. The largest absolute Gasteiger partial charge is 0.496 e. The van der Waals surface area contributed by atoms with Crippen molar-refractivity contribution in [3.05, 3.63) is 29.8 Å². The lowest BCUT2D eigenvalue weighted by Crippen LogP contribution is -2.53. The highest BCUT2D eigenvalue weighted by atomic mass is 16.5. The molecule has 1 aromatic carbocycles. The summed E-state index contributed by atoms with van der Waals surface area (Å²) in [6, 6.07) is 8.38. The summed E-state index contributed by atoms with van der Waals surface area (Å²) < 4.78 is 5.49. The van der Waals surface area contributed by atoms with Crippen LogP contribution in [0.25, 0.3) is 0 Å². The Labute approximate surface area is 133 Å². The molecule has 1 unspecified atom stereocenters. The Morgan fingerprint density at radius 3 is 2.59 bits per heavy atom. The molecule has 122 valence electrons. The van der Waals surface area contributed by atoms with Gasteiger partial charge in [-0.25, -0.2) is 4.79 Å². The molecule has 1 aliphatic heterocycles. The lowest BCUT2D eigenvalue weighted by Gasteiger charge is -2.41. The molecule has 0 N–H and O–H groups in total. The molecule has 0 radical (unpaired) electrons. The molecule has 1 fully saturated rings. The molecule has 1 aromatic rings. The second-order valence-corrected chi connectivity index (χ2v) is 5.64. The van der Waals surface area contributed by atoms with Gasteiger partial charge < -0.3 is 14.5 Å². The number of hydrogen-bond acceptors (Lipinski definition) is 3. The second kappa shape index (κ2) is 7.49. The molecule has 22 heavy (non-hydrogen) atoms. The average Bonchev–Trinajstić information content (AvgIpc) is 2.56. The van der Waals surface area contributed by atoms with Gasteiger partial charge >= 0.3 is 6.03 Å². The normalized spacial score (nSPS) is 19.1. The van der Waals surface area contributed by atoms with Crippen LogP contribution in [-0.4, -0.2) is 67.6 Å². The summed E-state index contributed by atoms with van der Waals surface area (Å²) >= 11 is 0. The van der Waals surface area contributed by atoms with E-state index in [0.717, 1.165) is 37.5 Å². The fraction of sp³-hybridized carbons (Fsp3) is 0.588. The van der Waals surface area contributed by atoms with Gasteiger partial charge in [-0.3, -0.25) is 4.90 Å². The molecule has 5 nitrogen and oxygen atoms in total. The minimum atomic E-state index is 0.137. The van der Waals surface area contributed by atoms with E-state index in [0.29, 0.717) is 6.54 Å². The van der Waals surface area contributed by atoms with Crippen molar-refractivity contribution in [1.29, 1.82) is 0 Å². The summed E-state index contributed by atoms with van der Waals surface area (Å²) in [5, 5.41) is 0. The smallest absolute Gasteiger partial charge is 0.320 e. The lowest BCUT2D eigenvalue weighted by atomic mass is 10.0. The zero-order valence-electron chi connectivity index (χ0n) is 14.1. The Morgan fingerprint density at radius 2 is 1.95 bits per heavy atom. The molecule has 0 saturated carbocycles. The minimum absolute atomic E-state index is 0.137. The Morgan fingerprint density at radius 1 is 1.27 bits per heavy atom. The van der Waals surface area contributed by atoms with Crippen molar-refractivity contribution in [3.8, 4) is 5.75 Å². The Hall–Kier alpha value is -1.75. The van der Waals surface area contributed by atoms with E-state index in [4.69, 9.17) is 4.74 Å². The van der Waals surface area contributed by atoms with Crippen LogP contribution >= 0.6 is 0 Å². The number of para-hydroxylation sites is 1. The molecule has 0 aromatic heterocycles. The quantitative estimate of drug-likeness (QED) is 0.857. The Kier molecular flexibility index (Phi) is 5.66. The maximum atomic E-state index is 12.6. The van der Waals surface area contributed by atoms with Gasteiger partial charge in [-0.2, -0.15) is 0 Å². The summed E-state index contributed by atoms with van der Waals surface area (Å²) in [6.07, 6.45) is 0. The van der Waals surface area contributed by atoms with Crippen molar-refractivity contribution in [2.45, 2.75) is 19.9 Å². The van der Waals surface area contributed by atoms with Crippen molar-refractivity contribution in [1.82, 2.24) is 14.7 Å². The third-order valence-electron chi connectivity index (χ3n) is 4.45. The van der Waals surface area contributed by atoms with Crippen molar-refractivity contribution in [3.63, 3.8) is 0 Å². The molecule has 5 heteroatoms. The standard InChI is InChI=1S/C17H27N3O2/c1-5-19(6-2)17(21)20-12-11-18(3)15(13-20)14-9-7-8-10-16(14)22-4/h7-10,15H,5-6,11-13H2,1-4H3. The number of ether oxygens (including phenoxy) is 1. The first-order chi connectivity index (χ1) is 10.6. The number of carbonyl (C=O) groups is 1. The van der Waals surface area contributed by atoms with Crippen molar-refractivity contribution >= 4 is 6.03 Å². The van der Waals surface area contributed by atoms with Crippen molar-refractivity contribution in [2.24, 2.45) is 0 Å². The molecular formula is C17H27N3O2. The van der Waals surface area contributed by atoms with E-state index in [-0.39, 0.29) is 12.1 Å². The number of hydrogen-bond donors (Lipinski definition) is 0. The Bertz CT molecular complexity index is 502. The SMILES string of the molecule is CCN(CC)C(=O)N1CCN(C)C(c2ccccc2OC)C1. The van der Waals surface area contributed by atoms with E-state index in [1.165, 1.54) is 0 Å². The monoisotopic (exact) mass is 305 g/mol. The van der Waals surface area contributed by atoms with E-state index in [9.17, 15) is 4.79 Å². The number of piperazine rings is 1. The molecule has 1 atom stereocenters. The second-order valence-electron chi connectivity index (χ2n) is 5.64. The van der Waals surface area contributed by atoms with Crippen molar-refractivity contribution < 1.29 is 9.53 Å². The van der Waals surface area contributed by atoms with Crippen LogP contribution in [0.5, 0.6) is 5.75 Å². The highest BCUT2D eigenvalue weighted by Crippen LogP contribution is 2.31. The number of amides is 2. The van der Waals surface area contributed by atoms with Gasteiger partial charge in [0.15, 0.2) is 0 Å². The summed E-state index contributed by atoms with van der Waals surface area (Å²) in [6.45, 7) is 7.89. The highest BCUT2D eigenvalue weighted by molar-refractivity contribution is 5.74. The molecule has 2 rings (SSSR count). The maximum absolute atomic E-state index is 12.6. The number of carbonyl (C=O) groups excluding carboxylic acids is 1. The number of nitrogens with zero attached hydrogens (tertiary/aromatic N) is 3. The topological polar surface area (TPSA) is 36.0 Å². The number of benzene rings is 1. The molecule has 0 bridgehead atoms. The van der Waals surface area contributed by atoms with E-state index in [1.807, 2.05) is 41.8 Å². The van der Waals surface area contributed by atoms with Crippen molar-refractivity contribution in [2.75, 3.05) is 46.9 Å². The fourth-order valence-electron chi connectivity index (χ4n) is 3.02. The predicted molar refractivity (Wildman–Crippen MR) is 88.3 cm³/mol. The molecule has 1 aliphatic rings. The van der Waals surface area contributed by atoms with E-state index in [2.05, 4.69) is 18.0 Å². The van der Waals surface area contributed by atoms with Gasteiger partial charge in [0.2, 0.25) is 0 Å². The lowest BCUT2D eigenvalue weighted by molar-refractivity contribution is 0.0903. The van der Waals surface area contributed by atoms with E-state index < -0.39 is 0 Å². The molecule has 0 spiro atoms. The van der Waals surface area contributed by atoms with E-state index in [1.54, 1.807) is 7.11 Å². The third kappa shape index (κ3) is 3.35. The van der Waals surface area contributed by atoms with Crippen LogP contribution in [0.15, 0.2) is 24.3 Å². The van der Waals surface area contributed by atoms with Gasteiger partial charge in [0, 0.05) is 38.3 Å². The fourth-order valence-corrected chi connectivity index (χ4v) is 3.02. The van der Waals surface area contributed by atoms with Gasteiger partial charge in [-0.05, 0) is 27.0 Å². The molecular weight excluding hydrogens is 278 g/mol. The van der Waals surface area contributed by atoms with E-state index >= 15 is 0 Å². The maximum Gasteiger partial charge on any atom is 0.320 e. The molecule has 1 heterocycles. The number of methoxy groups -OCH3 is 1. The van der Waals surface area contributed by atoms with Gasteiger partial charge in [-0.15, -0.1) is 0 Å². The zero-order valence-corrected chi connectivity index (χ0v) is 14.1. The number of rotatable bonds is 4. The number of likely N-dealkylation sites (N-methyl/N-ethyl adjacent to an activating group) is 1. The van der Waals surface area contributed by atoms with Gasteiger partial charge in [0.05, 0.1) is 13.2 Å².